The van der Waals surface area contributed by atoms with E-state index in [0.717, 1.165) is 12.5 Å². The van der Waals surface area contributed by atoms with Crippen molar-refractivity contribution in [1.29, 1.82) is 0 Å². The second-order valence-corrected chi connectivity index (χ2v) is 4.58. The number of nitrogens with two attached hydrogens (primary N) is 1. The number of hydrogen-bond acceptors (Lipinski definition) is 3. The third-order valence-corrected chi connectivity index (χ3v) is 2.62. The van der Waals surface area contributed by atoms with E-state index in [4.69, 9.17) is 10.5 Å². The van der Waals surface area contributed by atoms with E-state index in [1.54, 1.807) is 0 Å². The topological polar surface area (TPSA) is 64.4 Å². The predicted octanol–water partition coefficient (Wildman–Crippen LogP) is 0.934. The molecule has 96 valence electrons. The van der Waals surface area contributed by atoms with Crippen molar-refractivity contribution in [3.63, 3.8) is 0 Å². The maximum atomic E-state index is 11.4. The minimum atomic E-state index is -0.409. The van der Waals surface area contributed by atoms with Gasteiger partial charge < -0.3 is 15.8 Å². The van der Waals surface area contributed by atoms with Crippen molar-refractivity contribution in [2.45, 2.75) is 32.7 Å². The fourth-order valence-electron chi connectivity index (χ4n) is 1.20. The summed E-state index contributed by atoms with van der Waals surface area (Å²) in [7, 11) is 0. The molecular formula is C11H23ClN2O2. The number of ether oxygens (including phenoxy) is 1. The molecule has 1 aliphatic rings. The normalized spacial score (nSPS) is 16.8. The molecule has 4 nitrogen and oxygen atoms in total. The van der Waals surface area contributed by atoms with Gasteiger partial charge in [-0.15, -0.1) is 12.4 Å². The zero-order chi connectivity index (χ0) is 11.3. The highest BCUT2D eigenvalue weighted by molar-refractivity contribution is 5.85. The number of rotatable bonds is 7. The Hall–Kier alpha value is -0.320. The van der Waals surface area contributed by atoms with Crippen LogP contribution in [-0.4, -0.2) is 31.7 Å². The Balaban J connectivity index is 0.00000225. The first-order valence-corrected chi connectivity index (χ1v) is 5.72. The van der Waals surface area contributed by atoms with E-state index in [9.17, 15) is 4.79 Å². The van der Waals surface area contributed by atoms with Crippen molar-refractivity contribution in [3.05, 3.63) is 0 Å². The lowest BCUT2D eigenvalue weighted by Crippen LogP contribution is -2.44. The summed E-state index contributed by atoms with van der Waals surface area (Å²) in [6.07, 6.45) is 2.59. The Morgan fingerprint density at radius 3 is 2.62 bits per heavy atom. The van der Waals surface area contributed by atoms with Gasteiger partial charge >= 0.3 is 0 Å². The van der Waals surface area contributed by atoms with Gasteiger partial charge in [0, 0.05) is 13.2 Å². The van der Waals surface area contributed by atoms with Crippen LogP contribution in [0.1, 0.15) is 26.7 Å². The molecule has 0 aromatic heterocycles. The van der Waals surface area contributed by atoms with E-state index in [1.165, 1.54) is 12.8 Å². The van der Waals surface area contributed by atoms with Gasteiger partial charge in [-0.1, -0.05) is 13.8 Å². The number of hydrogen-bond donors (Lipinski definition) is 2. The third-order valence-electron chi connectivity index (χ3n) is 2.62. The van der Waals surface area contributed by atoms with E-state index in [1.807, 2.05) is 13.8 Å². The van der Waals surface area contributed by atoms with Crippen molar-refractivity contribution in [2.75, 3.05) is 19.8 Å². The number of amides is 1. The van der Waals surface area contributed by atoms with Crippen LogP contribution in [0.15, 0.2) is 0 Å². The molecule has 5 heteroatoms. The maximum Gasteiger partial charge on any atom is 0.237 e. The van der Waals surface area contributed by atoms with E-state index in [2.05, 4.69) is 5.32 Å². The minimum Gasteiger partial charge on any atom is -0.379 e. The van der Waals surface area contributed by atoms with E-state index >= 15 is 0 Å². The van der Waals surface area contributed by atoms with E-state index in [0.29, 0.717) is 13.2 Å². The van der Waals surface area contributed by atoms with Gasteiger partial charge in [-0.3, -0.25) is 4.79 Å². The zero-order valence-electron chi connectivity index (χ0n) is 10.1. The highest BCUT2D eigenvalue weighted by atomic mass is 35.5. The number of carbonyl (C=O) groups excluding carboxylic acids is 1. The van der Waals surface area contributed by atoms with Gasteiger partial charge in [-0.2, -0.15) is 0 Å². The summed E-state index contributed by atoms with van der Waals surface area (Å²) in [6, 6.07) is -0.409. The molecule has 0 bridgehead atoms. The second kappa shape index (κ2) is 7.87. The zero-order valence-corrected chi connectivity index (χ0v) is 10.9. The fraction of sp³-hybridized carbons (Fsp3) is 0.909. The van der Waals surface area contributed by atoms with Crippen LogP contribution < -0.4 is 11.1 Å². The second-order valence-electron chi connectivity index (χ2n) is 4.58. The van der Waals surface area contributed by atoms with E-state index in [-0.39, 0.29) is 24.2 Å². The van der Waals surface area contributed by atoms with Crippen LogP contribution in [0.25, 0.3) is 0 Å². The molecule has 1 fully saturated rings. The van der Waals surface area contributed by atoms with Crippen LogP contribution in [0.5, 0.6) is 0 Å². The van der Waals surface area contributed by atoms with Crippen LogP contribution in [0.3, 0.4) is 0 Å². The SMILES string of the molecule is CC(C)[C@@H](N)C(=O)NCCOCC1CC1.Cl. The van der Waals surface area contributed by atoms with Gasteiger partial charge in [0.1, 0.15) is 0 Å². The lowest BCUT2D eigenvalue weighted by Gasteiger charge is -2.15. The molecule has 3 N–H and O–H groups in total. The molecule has 1 saturated carbocycles. The van der Waals surface area contributed by atoms with Crippen LogP contribution in [-0.2, 0) is 9.53 Å². The first kappa shape index (κ1) is 15.7. The molecule has 0 spiro atoms. The Morgan fingerprint density at radius 2 is 2.12 bits per heavy atom. The summed E-state index contributed by atoms with van der Waals surface area (Å²) in [5.41, 5.74) is 5.68. The van der Waals surface area contributed by atoms with Crippen LogP contribution in [0, 0.1) is 11.8 Å². The first-order chi connectivity index (χ1) is 7.11. The first-order valence-electron chi connectivity index (χ1n) is 5.72. The summed E-state index contributed by atoms with van der Waals surface area (Å²) < 4.78 is 5.39. The molecule has 16 heavy (non-hydrogen) atoms. The highest BCUT2D eigenvalue weighted by Crippen LogP contribution is 2.28. The summed E-state index contributed by atoms with van der Waals surface area (Å²) in [4.78, 5) is 11.4. The highest BCUT2D eigenvalue weighted by Gasteiger charge is 2.21. The van der Waals surface area contributed by atoms with Crippen molar-refractivity contribution in [1.82, 2.24) is 5.32 Å². The lowest BCUT2D eigenvalue weighted by molar-refractivity contribution is -0.123. The molecule has 0 aromatic rings. The van der Waals surface area contributed by atoms with Crippen LogP contribution in [0.2, 0.25) is 0 Å². The minimum absolute atomic E-state index is 0. The lowest BCUT2D eigenvalue weighted by atomic mass is 10.1. The Labute approximate surface area is 104 Å². The quantitative estimate of drug-likeness (QED) is 0.661. The summed E-state index contributed by atoms with van der Waals surface area (Å²) >= 11 is 0. The third kappa shape index (κ3) is 6.30. The summed E-state index contributed by atoms with van der Waals surface area (Å²) in [5.74, 6) is 0.871. The molecule has 0 saturated heterocycles. The number of carbonyl (C=O) groups is 1. The summed E-state index contributed by atoms with van der Waals surface area (Å²) in [6.45, 7) is 5.87. The van der Waals surface area contributed by atoms with Crippen molar-refractivity contribution in [2.24, 2.45) is 17.6 Å². The largest absolute Gasteiger partial charge is 0.379 e. The van der Waals surface area contributed by atoms with E-state index < -0.39 is 6.04 Å². The summed E-state index contributed by atoms with van der Waals surface area (Å²) in [5, 5.41) is 2.77. The smallest absolute Gasteiger partial charge is 0.237 e. The number of nitrogens with one attached hydrogen (secondary N) is 1. The molecule has 1 aliphatic carbocycles. The Kier molecular flexibility index (Phi) is 7.72. The average molecular weight is 251 g/mol. The molecule has 1 amide bonds. The van der Waals surface area contributed by atoms with Gasteiger partial charge in [0.25, 0.3) is 0 Å². The molecule has 0 heterocycles. The van der Waals surface area contributed by atoms with Gasteiger partial charge in [-0.25, -0.2) is 0 Å². The molecule has 0 unspecified atom stereocenters. The standard InChI is InChI=1S/C11H22N2O2.ClH/c1-8(2)10(12)11(14)13-5-6-15-7-9-3-4-9;/h8-10H,3-7,12H2,1-2H3,(H,13,14);1H/t10-;/m1./s1. The molecule has 1 atom stereocenters. The van der Waals surface area contributed by atoms with Crippen molar-refractivity contribution < 1.29 is 9.53 Å². The van der Waals surface area contributed by atoms with Crippen LogP contribution >= 0.6 is 12.4 Å². The molecule has 0 aliphatic heterocycles. The Bertz CT molecular complexity index is 208. The monoisotopic (exact) mass is 250 g/mol. The molecule has 1 rings (SSSR count). The van der Waals surface area contributed by atoms with Crippen molar-refractivity contribution in [3.8, 4) is 0 Å². The Morgan fingerprint density at radius 1 is 1.50 bits per heavy atom. The molecular weight excluding hydrogens is 228 g/mol. The van der Waals surface area contributed by atoms with Crippen LogP contribution in [0.4, 0.5) is 0 Å². The molecule has 0 radical (unpaired) electrons. The van der Waals surface area contributed by atoms with Crippen molar-refractivity contribution >= 4 is 18.3 Å². The average Bonchev–Trinajstić information content (AvgIpc) is 2.99. The van der Waals surface area contributed by atoms with Gasteiger partial charge in [0.05, 0.1) is 12.6 Å². The predicted molar refractivity (Wildman–Crippen MR) is 66.6 cm³/mol. The maximum absolute atomic E-state index is 11.4. The molecule has 0 aromatic carbocycles. The van der Waals surface area contributed by atoms with Gasteiger partial charge in [-0.05, 0) is 24.7 Å². The van der Waals surface area contributed by atoms with Gasteiger partial charge in [0.2, 0.25) is 5.91 Å². The number of halogens is 1. The fourth-order valence-corrected chi connectivity index (χ4v) is 1.20. The van der Waals surface area contributed by atoms with Gasteiger partial charge in [0.15, 0.2) is 0 Å².